The monoisotopic (exact) mass is 327 g/mol. The van der Waals surface area contributed by atoms with E-state index in [-0.39, 0.29) is 29.4 Å². The van der Waals surface area contributed by atoms with Crippen LogP contribution in [0.1, 0.15) is 40.3 Å². The highest BCUT2D eigenvalue weighted by atomic mass is 19.1. The molecule has 0 spiro atoms. The molecule has 1 aromatic carbocycles. The zero-order valence-electron chi connectivity index (χ0n) is 13.4. The lowest BCUT2D eigenvalue weighted by Gasteiger charge is -2.28. The Labute approximate surface area is 138 Å². The van der Waals surface area contributed by atoms with E-state index in [1.165, 1.54) is 24.3 Å². The lowest BCUT2D eigenvalue weighted by molar-refractivity contribution is 0.0673. The Hall–Kier alpha value is -2.50. The molecule has 1 saturated heterocycles. The number of rotatable bonds is 1. The van der Waals surface area contributed by atoms with Gasteiger partial charge in [0.1, 0.15) is 11.6 Å². The fraction of sp³-hybridized carbons (Fsp3) is 0.389. The average molecular weight is 327 g/mol. The number of carbonyl (C=O) groups is 1. The highest BCUT2D eigenvalue weighted by molar-refractivity contribution is 5.95. The smallest absolute Gasteiger partial charge is 0.254 e. The van der Waals surface area contributed by atoms with Crippen LogP contribution in [0.2, 0.25) is 0 Å². The fourth-order valence-electron chi connectivity index (χ4n) is 3.94. The first-order valence-corrected chi connectivity index (χ1v) is 8.20. The molecule has 24 heavy (non-hydrogen) atoms. The van der Waals surface area contributed by atoms with E-state index in [1.54, 1.807) is 6.92 Å². The minimum absolute atomic E-state index is 0.000547. The largest absolute Gasteiger partial charge is 0.332 e. The van der Waals surface area contributed by atoms with Gasteiger partial charge < -0.3 is 9.88 Å². The van der Waals surface area contributed by atoms with Crippen LogP contribution in [0.3, 0.4) is 0 Å². The Kier molecular flexibility index (Phi) is 3.48. The van der Waals surface area contributed by atoms with Gasteiger partial charge in [-0.3, -0.25) is 9.59 Å². The van der Waals surface area contributed by atoms with Gasteiger partial charge in [0.05, 0.1) is 5.69 Å². The third kappa shape index (κ3) is 2.42. The summed E-state index contributed by atoms with van der Waals surface area (Å²) in [6.45, 7) is 1.77. The molecule has 1 aromatic heterocycles. The lowest BCUT2D eigenvalue weighted by atomic mass is 9.98. The number of aryl methyl sites for hydroxylation is 1. The van der Waals surface area contributed by atoms with Crippen LogP contribution >= 0.6 is 0 Å². The number of H-pyrrole nitrogens is 1. The molecule has 1 amide bonds. The van der Waals surface area contributed by atoms with Crippen molar-refractivity contribution in [1.29, 1.82) is 0 Å². The number of aromatic amines is 1. The summed E-state index contributed by atoms with van der Waals surface area (Å²) in [6.07, 6.45) is 2.92. The van der Waals surface area contributed by atoms with Crippen molar-refractivity contribution in [2.75, 3.05) is 0 Å². The quantitative estimate of drug-likeness (QED) is 0.871. The van der Waals surface area contributed by atoms with Crippen molar-refractivity contribution in [2.24, 2.45) is 0 Å². The molecular formula is C18H18FN3O2. The normalized spacial score (nSPS) is 22.2. The topological polar surface area (TPSA) is 66.1 Å². The summed E-state index contributed by atoms with van der Waals surface area (Å²) in [5.41, 5.74) is 1.89. The summed E-state index contributed by atoms with van der Waals surface area (Å²) in [6, 6.07) is 5.69. The highest BCUT2D eigenvalue weighted by Gasteiger charge is 2.41. The number of carbonyl (C=O) groups excluding carboxylic acids is 1. The van der Waals surface area contributed by atoms with E-state index in [0.717, 1.165) is 18.5 Å². The van der Waals surface area contributed by atoms with E-state index in [9.17, 15) is 14.0 Å². The first-order chi connectivity index (χ1) is 11.5. The number of hydrogen-bond acceptors (Lipinski definition) is 3. The van der Waals surface area contributed by atoms with Gasteiger partial charge in [0.25, 0.3) is 11.5 Å². The summed E-state index contributed by atoms with van der Waals surface area (Å²) in [5.74, 6) is 0.153. The molecule has 1 fully saturated rings. The van der Waals surface area contributed by atoms with Crippen molar-refractivity contribution in [3.63, 3.8) is 0 Å². The maximum absolute atomic E-state index is 13.1. The highest BCUT2D eigenvalue weighted by Crippen LogP contribution is 2.33. The zero-order valence-corrected chi connectivity index (χ0v) is 13.4. The van der Waals surface area contributed by atoms with Gasteiger partial charge in [-0.05, 0) is 44.0 Å². The molecule has 2 aliphatic heterocycles. The van der Waals surface area contributed by atoms with Crippen LogP contribution in [0.4, 0.5) is 4.39 Å². The van der Waals surface area contributed by atoms with Crippen molar-refractivity contribution >= 4 is 5.91 Å². The number of aromatic nitrogens is 2. The minimum Gasteiger partial charge on any atom is -0.332 e. The van der Waals surface area contributed by atoms with Crippen LogP contribution in [0, 0.1) is 12.7 Å². The molecule has 2 bridgehead atoms. The lowest BCUT2D eigenvalue weighted by Crippen LogP contribution is -2.41. The molecule has 0 aliphatic carbocycles. The number of hydrogen-bond donors (Lipinski definition) is 1. The molecular weight excluding hydrogens is 309 g/mol. The van der Waals surface area contributed by atoms with Gasteiger partial charge in [0, 0.05) is 36.1 Å². The van der Waals surface area contributed by atoms with Gasteiger partial charge >= 0.3 is 0 Å². The van der Waals surface area contributed by atoms with E-state index >= 15 is 0 Å². The Balaban J connectivity index is 1.70. The number of benzene rings is 1. The Morgan fingerprint density at radius 3 is 2.58 bits per heavy atom. The van der Waals surface area contributed by atoms with Crippen molar-refractivity contribution in [1.82, 2.24) is 14.9 Å². The maximum Gasteiger partial charge on any atom is 0.254 e. The average Bonchev–Trinajstić information content (AvgIpc) is 2.83. The third-order valence-corrected chi connectivity index (χ3v) is 5.03. The number of amides is 1. The molecule has 3 heterocycles. The standard InChI is InChI=1S/C18H18FN3O2/c1-10-20-16-9-14-7-6-13(8-15(16)17(23)21-10)22(14)18(24)11-2-4-12(19)5-3-11/h2-5,13-14H,6-9H2,1H3,(H,20,21,23)/t13-,14-/m0/s1. The van der Waals surface area contributed by atoms with Crippen LogP contribution in [0.5, 0.6) is 0 Å². The molecule has 2 atom stereocenters. The fourth-order valence-corrected chi connectivity index (χ4v) is 3.94. The SMILES string of the molecule is Cc1nc2c(c(=O)[nH]1)C[C@@H]1CC[C@@H](C2)N1C(=O)c1ccc(F)cc1. The van der Waals surface area contributed by atoms with Gasteiger partial charge in [-0.2, -0.15) is 0 Å². The summed E-state index contributed by atoms with van der Waals surface area (Å²) in [5, 5.41) is 0. The Morgan fingerprint density at radius 1 is 1.21 bits per heavy atom. The van der Waals surface area contributed by atoms with E-state index in [1.807, 2.05) is 4.90 Å². The minimum atomic E-state index is -0.357. The number of fused-ring (bicyclic) bond motifs is 3. The van der Waals surface area contributed by atoms with Gasteiger partial charge in [-0.25, -0.2) is 9.37 Å². The number of halogens is 1. The van der Waals surface area contributed by atoms with E-state index in [2.05, 4.69) is 9.97 Å². The van der Waals surface area contributed by atoms with Crippen LogP contribution in [-0.4, -0.2) is 32.9 Å². The first kappa shape index (κ1) is 15.1. The zero-order chi connectivity index (χ0) is 16.8. The van der Waals surface area contributed by atoms with Crippen LogP contribution in [0.15, 0.2) is 29.1 Å². The molecule has 4 rings (SSSR count). The summed E-state index contributed by atoms with van der Waals surface area (Å²) in [7, 11) is 0. The molecule has 2 aromatic rings. The van der Waals surface area contributed by atoms with Crippen molar-refractivity contribution in [3.05, 3.63) is 63.1 Å². The van der Waals surface area contributed by atoms with Crippen molar-refractivity contribution < 1.29 is 9.18 Å². The summed E-state index contributed by atoms with van der Waals surface area (Å²) >= 11 is 0. The van der Waals surface area contributed by atoms with Crippen molar-refractivity contribution in [3.8, 4) is 0 Å². The third-order valence-electron chi connectivity index (χ3n) is 5.03. The summed E-state index contributed by atoms with van der Waals surface area (Å²) < 4.78 is 13.1. The maximum atomic E-state index is 13.1. The van der Waals surface area contributed by atoms with Gasteiger partial charge in [-0.1, -0.05) is 0 Å². The van der Waals surface area contributed by atoms with Gasteiger partial charge in [-0.15, -0.1) is 0 Å². The molecule has 1 N–H and O–H groups in total. The Bertz CT molecular complexity index is 860. The molecule has 0 radical (unpaired) electrons. The second kappa shape index (κ2) is 5.54. The van der Waals surface area contributed by atoms with Crippen LogP contribution in [-0.2, 0) is 12.8 Å². The van der Waals surface area contributed by atoms with E-state index in [0.29, 0.717) is 29.8 Å². The van der Waals surface area contributed by atoms with E-state index in [4.69, 9.17) is 0 Å². The molecule has 124 valence electrons. The predicted octanol–water partition coefficient (Wildman–Crippen LogP) is 1.99. The van der Waals surface area contributed by atoms with Gasteiger partial charge in [0.2, 0.25) is 0 Å². The summed E-state index contributed by atoms with van der Waals surface area (Å²) in [4.78, 5) is 34.3. The molecule has 2 aliphatic rings. The predicted molar refractivity (Wildman–Crippen MR) is 86.4 cm³/mol. The Morgan fingerprint density at radius 2 is 1.88 bits per heavy atom. The van der Waals surface area contributed by atoms with E-state index < -0.39 is 0 Å². The first-order valence-electron chi connectivity index (χ1n) is 8.20. The number of nitrogens with one attached hydrogen (secondary N) is 1. The van der Waals surface area contributed by atoms with Crippen LogP contribution < -0.4 is 5.56 Å². The van der Waals surface area contributed by atoms with Crippen LogP contribution in [0.25, 0.3) is 0 Å². The molecule has 5 nitrogen and oxygen atoms in total. The van der Waals surface area contributed by atoms with Gasteiger partial charge in [0.15, 0.2) is 0 Å². The molecule has 6 heteroatoms. The second-order valence-electron chi connectivity index (χ2n) is 6.59. The molecule has 0 unspecified atom stereocenters. The molecule has 0 saturated carbocycles. The second-order valence-corrected chi connectivity index (χ2v) is 6.59. The number of nitrogens with zero attached hydrogens (tertiary/aromatic N) is 2. The van der Waals surface area contributed by atoms with Crippen molar-refractivity contribution in [2.45, 2.75) is 44.7 Å².